The topological polar surface area (TPSA) is 117 Å². The molecule has 0 amide bonds. The highest BCUT2D eigenvalue weighted by Crippen LogP contribution is 2.50. The smallest absolute Gasteiger partial charge is 0.309 e. The number of anilines is 1. The first-order valence-corrected chi connectivity index (χ1v) is 10.9. The van der Waals surface area contributed by atoms with Crippen molar-refractivity contribution in [1.29, 1.82) is 0 Å². The number of rotatable bonds is 9. The van der Waals surface area contributed by atoms with E-state index in [1.54, 1.807) is 18.3 Å². The van der Waals surface area contributed by atoms with Crippen LogP contribution in [0.2, 0.25) is 0 Å². The van der Waals surface area contributed by atoms with Gasteiger partial charge in [-0.15, -0.1) is 0 Å². The van der Waals surface area contributed by atoms with Crippen molar-refractivity contribution < 1.29 is 24.3 Å². The minimum Gasteiger partial charge on any atom is -0.481 e. The monoisotopic (exact) mass is 451 g/mol. The van der Waals surface area contributed by atoms with Crippen LogP contribution in [0.4, 0.5) is 5.69 Å². The van der Waals surface area contributed by atoms with Gasteiger partial charge in [0.05, 0.1) is 12.5 Å². The SMILES string of the molecule is O=C(O)CCCC1=CC(c2ccccc2)N(c2c(CC(=O)O)noc2-c2ccccn2)S1. The summed E-state index contributed by atoms with van der Waals surface area (Å²) in [6.07, 6.45) is 4.64. The van der Waals surface area contributed by atoms with E-state index in [4.69, 9.17) is 9.63 Å². The molecular formula is C23H21N3O5S. The molecule has 164 valence electrons. The van der Waals surface area contributed by atoms with Gasteiger partial charge in [-0.05, 0) is 48.6 Å². The summed E-state index contributed by atoms with van der Waals surface area (Å²) in [4.78, 5) is 27.8. The number of aromatic nitrogens is 2. The normalized spacial score (nSPS) is 15.6. The number of allylic oxidation sites excluding steroid dienone is 1. The zero-order valence-corrected chi connectivity index (χ0v) is 17.9. The molecule has 0 bridgehead atoms. The van der Waals surface area contributed by atoms with Crippen LogP contribution in [0.5, 0.6) is 0 Å². The summed E-state index contributed by atoms with van der Waals surface area (Å²) >= 11 is 1.45. The van der Waals surface area contributed by atoms with Crippen molar-refractivity contribution in [1.82, 2.24) is 10.1 Å². The number of hydrogen-bond donors (Lipinski definition) is 2. The maximum absolute atomic E-state index is 11.5. The molecule has 9 heteroatoms. The molecule has 4 rings (SSSR count). The van der Waals surface area contributed by atoms with Crippen LogP contribution >= 0.6 is 11.9 Å². The third-order valence-corrected chi connectivity index (χ3v) is 6.12. The van der Waals surface area contributed by atoms with Crippen LogP contribution in [-0.2, 0) is 16.0 Å². The summed E-state index contributed by atoms with van der Waals surface area (Å²) in [5.41, 5.74) is 2.45. The van der Waals surface area contributed by atoms with E-state index in [0.717, 1.165) is 10.5 Å². The van der Waals surface area contributed by atoms with E-state index in [9.17, 15) is 14.7 Å². The molecule has 0 saturated carbocycles. The van der Waals surface area contributed by atoms with Gasteiger partial charge in [-0.3, -0.25) is 18.9 Å². The molecule has 1 atom stereocenters. The van der Waals surface area contributed by atoms with Gasteiger partial charge in [0.1, 0.15) is 17.1 Å². The summed E-state index contributed by atoms with van der Waals surface area (Å²) < 4.78 is 7.59. The fraction of sp³-hybridized carbons (Fsp3) is 0.217. The van der Waals surface area contributed by atoms with Gasteiger partial charge in [-0.25, -0.2) is 0 Å². The van der Waals surface area contributed by atoms with Crippen molar-refractivity contribution in [2.45, 2.75) is 31.7 Å². The number of pyridine rings is 1. The summed E-state index contributed by atoms with van der Waals surface area (Å²) in [6.45, 7) is 0. The number of carbonyl (C=O) groups is 2. The van der Waals surface area contributed by atoms with E-state index in [1.165, 1.54) is 11.9 Å². The molecule has 1 aromatic carbocycles. The van der Waals surface area contributed by atoms with Gasteiger partial charge in [0.15, 0.2) is 0 Å². The Morgan fingerprint density at radius 1 is 1.06 bits per heavy atom. The van der Waals surface area contributed by atoms with E-state index in [-0.39, 0.29) is 18.9 Å². The molecule has 0 saturated heterocycles. The maximum atomic E-state index is 11.5. The third kappa shape index (κ3) is 4.83. The zero-order chi connectivity index (χ0) is 22.5. The second-order valence-corrected chi connectivity index (χ2v) is 8.35. The predicted molar refractivity (Wildman–Crippen MR) is 120 cm³/mol. The molecule has 1 aliphatic heterocycles. The molecule has 0 fully saturated rings. The lowest BCUT2D eigenvalue weighted by molar-refractivity contribution is -0.137. The van der Waals surface area contributed by atoms with Crippen LogP contribution in [0.25, 0.3) is 11.5 Å². The Morgan fingerprint density at radius 2 is 1.84 bits per heavy atom. The number of aliphatic carboxylic acids is 2. The van der Waals surface area contributed by atoms with Crippen molar-refractivity contribution in [2.24, 2.45) is 0 Å². The Morgan fingerprint density at radius 3 is 2.53 bits per heavy atom. The molecule has 0 aliphatic carbocycles. The fourth-order valence-corrected chi connectivity index (χ4v) is 4.79. The lowest BCUT2D eigenvalue weighted by Gasteiger charge is -2.25. The third-order valence-electron chi connectivity index (χ3n) is 4.94. The molecule has 2 N–H and O–H groups in total. The van der Waals surface area contributed by atoms with E-state index < -0.39 is 11.9 Å². The summed E-state index contributed by atoms with van der Waals surface area (Å²) in [5, 5.41) is 22.5. The van der Waals surface area contributed by atoms with E-state index >= 15 is 0 Å². The molecule has 3 aromatic rings. The lowest BCUT2D eigenvalue weighted by atomic mass is 10.0. The number of carboxylic acid groups (broad SMARTS) is 2. The Bertz CT molecular complexity index is 1130. The minimum atomic E-state index is -1.01. The molecule has 0 spiro atoms. The average Bonchev–Trinajstić information content (AvgIpc) is 3.38. The lowest BCUT2D eigenvalue weighted by Crippen LogP contribution is -2.18. The summed E-state index contributed by atoms with van der Waals surface area (Å²) in [6, 6.07) is 15.0. The van der Waals surface area contributed by atoms with Crippen molar-refractivity contribution in [2.75, 3.05) is 4.31 Å². The van der Waals surface area contributed by atoms with Crippen LogP contribution < -0.4 is 4.31 Å². The Hall–Kier alpha value is -3.59. The summed E-state index contributed by atoms with van der Waals surface area (Å²) in [5.74, 6) is -1.44. The Balaban J connectivity index is 1.75. The van der Waals surface area contributed by atoms with Gasteiger partial charge in [-0.2, -0.15) is 0 Å². The standard InChI is InChI=1S/C23H21N3O5S/c27-20(28)11-6-9-16-13-19(15-7-2-1-3-8-15)26(32-16)22-18(14-21(29)30)25-31-23(22)17-10-4-5-12-24-17/h1-5,7-8,10,12-13,19H,6,9,11,14H2,(H,27,28)(H,29,30). The van der Waals surface area contributed by atoms with Crippen LogP contribution in [0.1, 0.15) is 36.6 Å². The van der Waals surface area contributed by atoms with Crippen LogP contribution in [0, 0.1) is 0 Å². The van der Waals surface area contributed by atoms with Gasteiger partial charge in [0.2, 0.25) is 5.76 Å². The molecule has 0 radical (unpaired) electrons. The first-order chi connectivity index (χ1) is 15.5. The van der Waals surface area contributed by atoms with E-state index in [0.29, 0.717) is 35.7 Å². The second-order valence-electron chi connectivity index (χ2n) is 7.25. The first kappa shape index (κ1) is 21.6. The van der Waals surface area contributed by atoms with Crippen LogP contribution in [0.3, 0.4) is 0 Å². The van der Waals surface area contributed by atoms with E-state index in [2.05, 4.69) is 16.2 Å². The Kier molecular flexibility index (Phi) is 6.55. The highest BCUT2D eigenvalue weighted by atomic mass is 32.2. The largest absolute Gasteiger partial charge is 0.481 e. The average molecular weight is 452 g/mol. The highest BCUT2D eigenvalue weighted by molar-refractivity contribution is 8.04. The van der Waals surface area contributed by atoms with E-state index in [1.807, 2.05) is 40.7 Å². The summed E-state index contributed by atoms with van der Waals surface area (Å²) in [7, 11) is 0. The fourth-order valence-electron chi connectivity index (χ4n) is 3.54. The number of hydrogen-bond acceptors (Lipinski definition) is 7. The van der Waals surface area contributed by atoms with Gasteiger partial charge < -0.3 is 14.7 Å². The van der Waals surface area contributed by atoms with Crippen molar-refractivity contribution >= 4 is 29.6 Å². The molecule has 1 unspecified atom stereocenters. The molecule has 8 nitrogen and oxygen atoms in total. The number of benzene rings is 1. The first-order valence-electron chi connectivity index (χ1n) is 10.1. The predicted octanol–water partition coefficient (Wildman–Crippen LogP) is 4.71. The number of nitrogens with zero attached hydrogens (tertiary/aromatic N) is 3. The minimum absolute atomic E-state index is 0.0879. The van der Waals surface area contributed by atoms with Gasteiger partial charge >= 0.3 is 11.9 Å². The van der Waals surface area contributed by atoms with Gasteiger partial charge in [-0.1, -0.05) is 41.6 Å². The number of carboxylic acids is 2. The second kappa shape index (κ2) is 9.69. The molecule has 3 heterocycles. The molecule has 1 aliphatic rings. The Labute approximate surface area is 188 Å². The van der Waals surface area contributed by atoms with Crippen LogP contribution in [-0.4, -0.2) is 32.3 Å². The zero-order valence-electron chi connectivity index (χ0n) is 17.0. The van der Waals surface area contributed by atoms with Gasteiger partial charge in [0.25, 0.3) is 0 Å². The maximum Gasteiger partial charge on any atom is 0.309 e. The van der Waals surface area contributed by atoms with Crippen molar-refractivity contribution in [3.63, 3.8) is 0 Å². The van der Waals surface area contributed by atoms with Crippen molar-refractivity contribution in [3.05, 3.63) is 77.0 Å². The molecule has 32 heavy (non-hydrogen) atoms. The quantitative estimate of drug-likeness (QED) is 0.446. The van der Waals surface area contributed by atoms with Crippen LogP contribution in [0.15, 0.2) is 70.2 Å². The highest BCUT2D eigenvalue weighted by Gasteiger charge is 2.34. The van der Waals surface area contributed by atoms with Gasteiger partial charge in [0, 0.05) is 17.5 Å². The van der Waals surface area contributed by atoms with Crippen molar-refractivity contribution in [3.8, 4) is 11.5 Å². The molecular weight excluding hydrogens is 430 g/mol. The molecule has 2 aromatic heterocycles.